The van der Waals surface area contributed by atoms with E-state index in [0.717, 1.165) is 23.4 Å². The molecule has 0 aliphatic carbocycles. The van der Waals surface area contributed by atoms with E-state index in [0.29, 0.717) is 5.56 Å². The number of rotatable bonds is 3. The van der Waals surface area contributed by atoms with Crippen molar-refractivity contribution in [3.05, 3.63) is 78.2 Å². The monoisotopic (exact) mass is 259 g/mol. The Kier molecular flexibility index (Phi) is 3.30. The molecule has 0 fully saturated rings. The van der Waals surface area contributed by atoms with E-state index in [1.54, 1.807) is 0 Å². The first kappa shape index (κ1) is 12.2. The highest BCUT2D eigenvalue weighted by Crippen LogP contribution is 2.16. The molecule has 1 aromatic heterocycles. The number of hydrogen-bond acceptors (Lipinski definition) is 2. The van der Waals surface area contributed by atoms with Gasteiger partial charge in [-0.15, -0.1) is 0 Å². The second-order valence-electron chi connectivity index (χ2n) is 4.61. The summed E-state index contributed by atoms with van der Waals surface area (Å²) < 4.78 is 2.03. The average molecular weight is 259 g/mol. The molecule has 0 aliphatic rings. The summed E-state index contributed by atoms with van der Waals surface area (Å²) in [5.41, 5.74) is 3.85. The summed E-state index contributed by atoms with van der Waals surface area (Å²) in [6, 6.07) is 19.9. The molecule has 3 rings (SSSR count). The lowest BCUT2D eigenvalue weighted by atomic mass is 10.1. The van der Waals surface area contributed by atoms with Crippen molar-refractivity contribution in [2.45, 2.75) is 6.54 Å². The molecule has 2 aromatic carbocycles. The minimum absolute atomic E-state index is 0.686. The second kappa shape index (κ2) is 5.41. The molecule has 0 bridgehead atoms. The summed E-state index contributed by atoms with van der Waals surface area (Å²) in [5.74, 6) is 0. The van der Waals surface area contributed by atoms with Crippen LogP contribution in [0, 0.1) is 11.3 Å². The van der Waals surface area contributed by atoms with Crippen molar-refractivity contribution < 1.29 is 0 Å². The highest BCUT2D eigenvalue weighted by atomic mass is 15.0. The summed E-state index contributed by atoms with van der Waals surface area (Å²) in [6.45, 7) is 0.718. The molecule has 0 saturated carbocycles. The standard InChI is InChI=1S/C17H13N3/c18-10-14-5-4-6-15(9-14)11-20-12-17(19-13-20)16-7-2-1-3-8-16/h1-9,12-13H,11H2. The molecule has 20 heavy (non-hydrogen) atoms. The van der Waals surface area contributed by atoms with Crippen LogP contribution in [0.5, 0.6) is 0 Å². The summed E-state index contributed by atoms with van der Waals surface area (Å²) in [4.78, 5) is 4.42. The Morgan fingerprint density at radius 3 is 2.70 bits per heavy atom. The number of hydrogen-bond donors (Lipinski definition) is 0. The minimum Gasteiger partial charge on any atom is -0.332 e. The molecule has 0 radical (unpaired) electrons. The van der Waals surface area contributed by atoms with Crippen LogP contribution in [0.15, 0.2) is 67.1 Å². The third-order valence-corrected chi connectivity index (χ3v) is 3.12. The lowest BCUT2D eigenvalue weighted by Crippen LogP contribution is -1.96. The second-order valence-corrected chi connectivity index (χ2v) is 4.61. The summed E-state index contributed by atoms with van der Waals surface area (Å²) in [6.07, 6.45) is 3.84. The van der Waals surface area contributed by atoms with Gasteiger partial charge in [-0.25, -0.2) is 4.98 Å². The normalized spacial score (nSPS) is 10.2. The first-order valence-electron chi connectivity index (χ1n) is 6.41. The smallest absolute Gasteiger partial charge is 0.0991 e. The van der Waals surface area contributed by atoms with E-state index in [2.05, 4.69) is 11.1 Å². The van der Waals surface area contributed by atoms with Crippen LogP contribution >= 0.6 is 0 Å². The van der Waals surface area contributed by atoms with E-state index in [-0.39, 0.29) is 0 Å². The van der Waals surface area contributed by atoms with Crippen molar-refractivity contribution in [1.29, 1.82) is 5.26 Å². The lowest BCUT2D eigenvalue weighted by molar-refractivity contribution is 0.797. The quantitative estimate of drug-likeness (QED) is 0.722. The molecule has 1 heterocycles. The highest BCUT2D eigenvalue weighted by Gasteiger charge is 2.02. The van der Waals surface area contributed by atoms with Gasteiger partial charge >= 0.3 is 0 Å². The Balaban J connectivity index is 1.83. The lowest BCUT2D eigenvalue weighted by Gasteiger charge is -2.02. The first-order valence-corrected chi connectivity index (χ1v) is 6.41. The van der Waals surface area contributed by atoms with Gasteiger partial charge in [-0.3, -0.25) is 0 Å². The van der Waals surface area contributed by atoms with Crippen LogP contribution in [0.1, 0.15) is 11.1 Å². The van der Waals surface area contributed by atoms with Gasteiger partial charge in [-0.05, 0) is 17.7 Å². The highest BCUT2D eigenvalue weighted by molar-refractivity contribution is 5.57. The Morgan fingerprint density at radius 2 is 1.90 bits per heavy atom. The van der Waals surface area contributed by atoms with Gasteiger partial charge in [0.2, 0.25) is 0 Å². The summed E-state index contributed by atoms with van der Waals surface area (Å²) in [5, 5.41) is 8.91. The van der Waals surface area contributed by atoms with E-state index >= 15 is 0 Å². The van der Waals surface area contributed by atoms with Crippen molar-refractivity contribution in [3.63, 3.8) is 0 Å². The van der Waals surface area contributed by atoms with Crippen molar-refractivity contribution in [3.8, 4) is 17.3 Å². The Bertz CT molecular complexity index is 751. The van der Waals surface area contributed by atoms with Gasteiger partial charge in [0.05, 0.1) is 23.7 Å². The fourth-order valence-electron chi connectivity index (χ4n) is 2.15. The van der Waals surface area contributed by atoms with Crippen molar-refractivity contribution in [1.82, 2.24) is 9.55 Å². The predicted molar refractivity (Wildman–Crippen MR) is 77.9 cm³/mol. The Hall–Kier alpha value is -2.86. The van der Waals surface area contributed by atoms with Gasteiger partial charge in [0.15, 0.2) is 0 Å². The topological polar surface area (TPSA) is 41.6 Å². The van der Waals surface area contributed by atoms with E-state index in [1.807, 2.05) is 71.7 Å². The molecule has 0 aliphatic heterocycles. The van der Waals surface area contributed by atoms with E-state index in [1.165, 1.54) is 0 Å². The number of nitrogens with zero attached hydrogens (tertiary/aromatic N) is 3. The summed E-state index contributed by atoms with van der Waals surface area (Å²) in [7, 11) is 0. The predicted octanol–water partition coefficient (Wildman–Crippen LogP) is 3.47. The van der Waals surface area contributed by atoms with Crippen LogP contribution in [0.3, 0.4) is 0 Å². The van der Waals surface area contributed by atoms with Crippen LogP contribution in [-0.2, 0) is 6.54 Å². The number of nitriles is 1. The third kappa shape index (κ3) is 2.60. The molecule has 0 unspecified atom stereocenters. The van der Waals surface area contributed by atoms with Gasteiger partial charge in [0.25, 0.3) is 0 Å². The maximum Gasteiger partial charge on any atom is 0.0991 e. The van der Waals surface area contributed by atoms with Gasteiger partial charge in [0.1, 0.15) is 0 Å². The maximum absolute atomic E-state index is 8.91. The number of aromatic nitrogens is 2. The average Bonchev–Trinajstić information content (AvgIpc) is 2.97. The van der Waals surface area contributed by atoms with Gasteiger partial charge in [-0.2, -0.15) is 5.26 Å². The molecule has 3 heteroatoms. The van der Waals surface area contributed by atoms with Gasteiger partial charge < -0.3 is 4.57 Å². The van der Waals surface area contributed by atoms with Crippen molar-refractivity contribution >= 4 is 0 Å². The first-order chi connectivity index (χ1) is 9.85. The maximum atomic E-state index is 8.91. The van der Waals surface area contributed by atoms with E-state index < -0.39 is 0 Å². The summed E-state index contributed by atoms with van der Waals surface area (Å²) >= 11 is 0. The van der Waals surface area contributed by atoms with E-state index in [9.17, 15) is 0 Å². The van der Waals surface area contributed by atoms with Crippen LogP contribution in [0.25, 0.3) is 11.3 Å². The number of benzene rings is 2. The van der Waals surface area contributed by atoms with Crippen molar-refractivity contribution in [2.75, 3.05) is 0 Å². The van der Waals surface area contributed by atoms with Crippen LogP contribution in [0.2, 0.25) is 0 Å². The zero-order valence-corrected chi connectivity index (χ0v) is 10.9. The van der Waals surface area contributed by atoms with Crippen LogP contribution in [-0.4, -0.2) is 9.55 Å². The Labute approximate surface area is 117 Å². The SMILES string of the molecule is N#Cc1cccc(Cn2cnc(-c3ccccc3)c2)c1. The molecular formula is C17H13N3. The largest absolute Gasteiger partial charge is 0.332 e. The fraction of sp³-hybridized carbons (Fsp3) is 0.0588. The van der Waals surface area contributed by atoms with Gasteiger partial charge in [-0.1, -0.05) is 42.5 Å². The zero-order valence-electron chi connectivity index (χ0n) is 10.9. The molecule has 3 aromatic rings. The molecule has 3 nitrogen and oxygen atoms in total. The fourth-order valence-corrected chi connectivity index (χ4v) is 2.15. The zero-order chi connectivity index (χ0) is 13.8. The Morgan fingerprint density at radius 1 is 1.05 bits per heavy atom. The number of imidazole rings is 1. The molecule has 0 N–H and O–H groups in total. The molecule has 0 atom stereocenters. The third-order valence-electron chi connectivity index (χ3n) is 3.12. The van der Waals surface area contributed by atoms with Gasteiger partial charge in [0, 0.05) is 18.3 Å². The molecule has 0 spiro atoms. The van der Waals surface area contributed by atoms with E-state index in [4.69, 9.17) is 5.26 Å². The molecular weight excluding hydrogens is 246 g/mol. The molecule has 0 saturated heterocycles. The van der Waals surface area contributed by atoms with Crippen LogP contribution in [0.4, 0.5) is 0 Å². The van der Waals surface area contributed by atoms with Crippen LogP contribution < -0.4 is 0 Å². The van der Waals surface area contributed by atoms with Crippen molar-refractivity contribution in [2.24, 2.45) is 0 Å². The molecule has 96 valence electrons. The molecule has 0 amide bonds. The minimum atomic E-state index is 0.686.